The highest BCUT2D eigenvalue weighted by atomic mass is 14.6. The second-order valence-corrected chi connectivity index (χ2v) is 3.63. The molecule has 1 aromatic rings. The predicted molar refractivity (Wildman–Crippen MR) is 54.0 cm³/mol. The number of benzene rings is 1. The van der Waals surface area contributed by atoms with Crippen molar-refractivity contribution in [3.63, 3.8) is 0 Å². The van der Waals surface area contributed by atoms with Gasteiger partial charge in [0.1, 0.15) is 0 Å². The van der Waals surface area contributed by atoms with Crippen molar-refractivity contribution in [2.24, 2.45) is 5.92 Å². The Morgan fingerprint density at radius 3 is 2.50 bits per heavy atom. The SMILES string of the molecule is CC(C)CCc1ccccc1N. The molecule has 0 aromatic heterocycles. The molecule has 0 aliphatic carbocycles. The first kappa shape index (κ1) is 9.11. The lowest BCUT2D eigenvalue weighted by atomic mass is 10.0. The zero-order valence-corrected chi connectivity index (χ0v) is 7.88. The number of nitrogen functional groups attached to an aromatic ring is 1. The minimum atomic E-state index is 0.754. The number of hydrogen-bond acceptors (Lipinski definition) is 1. The summed E-state index contributed by atoms with van der Waals surface area (Å²) in [7, 11) is 0. The fourth-order valence-corrected chi connectivity index (χ4v) is 1.21. The van der Waals surface area contributed by atoms with Crippen molar-refractivity contribution >= 4 is 5.69 Å². The van der Waals surface area contributed by atoms with E-state index in [1.165, 1.54) is 12.0 Å². The van der Waals surface area contributed by atoms with E-state index in [4.69, 9.17) is 5.73 Å². The topological polar surface area (TPSA) is 26.0 Å². The summed E-state index contributed by atoms with van der Waals surface area (Å²) in [6.45, 7) is 4.47. The number of anilines is 1. The van der Waals surface area contributed by atoms with E-state index in [-0.39, 0.29) is 0 Å². The Balaban J connectivity index is 2.57. The number of rotatable bonds is 3. The van der Waals surface area contributed by atoms with Crippen LogP contribution in [0.1, 0.15) is 25.8 Å². The van der Waals surface area contributed by atoms with Gasteiger partial charge < -0.3 is 5.73 Å². The molecule has 0 aliphatic heterocycles. The predicted octanol–water partition coefficient (Wildman–Crippen LogP) is 2.86. The van der Waals surface area contributed by atoms with Crippen LogP contribution in [-0.2, 0) is 6.42 Å². The zero-order valence-electron chi connectivity index (χ0n) is 7.88. The van der Waals surface area contributed by atoms with E-state index in [1.54, 1.807) is 0 Å². The Bertz CT molecular complexity index is 241. The lowest BCUT2D eigenvalue weighted by Crippen LogP contribution is -1.96. The molecule has 1 nitrogen and oxygen atoms in total. The van der Waals surface area contributed by atoms with Crippen molar-refractivity contribution < 1.29 is 0 Å². The molecule has 12 heavy (non-hydrogen) atoms. The van der Waals surface area contributed by atoms with Crippen LogP contribution in [0.5, 0.6) is 0 Å². The van der Waals surface area contributed by atoms with E-state index in [0.29, 0.717) is 0 Å². The van der Waals surface area contributed by atoms with Crippen LogP contribution in [0.25, 0.3) is 0 Å². The van der Waals surface area contributed by atoms with Gasteiger partial charge in [0.15, 0.2) is 0 Å². The summed E-state index contributed by atoms with van der Waals surface area (Å²) < 4.78 is 0. The quantitative estimate of drug-likeness (QED) is 0.681. The zero-order chi connectivity index (χ0) is 8.97. The van der Waals surface area contributed by atoms with Crippen molar-refractivity contribution in [1.82, 2.24) is 0 Å². The van der Waals surface area contributed by atoms with Gasteiger partial charge in [-0.05, 0) is 30.4 Å². The molecule has 0 radical (unpaired) electrons. The third-order valence-corrected chi connectivity index (χ3v) is 2.05. The number of aryl methyl sites for hydroxylation is 1. The molecule has 1 aromatic carbocycles. The molecule has 0 heterocycles. The van der Waals surface area contributed by atoms with Crippen LogP contribution in [0.3, 0.4) is 0 Å². The fourth-order valence-electron chi connectivity index (χ4n) is 1.21. The van der Waals surface area contributed by atoms with Gasteiger partial charge in [-0.2, -0.15) is 0 Å². The van der Waals surface area contributed by atoms with Crippen LogP contribution >= 0.6 is 0 Å². The lowest BCUT2D eigenvalue weighted by Gasteiger charge is -2.06. The standard InChI is InChI=1S/C11H17N/c1-9(2)7-8-10-5-3-4-6-11(10)12/h3-6,9H,7-8,12H2,1-2H3. The van der Waals surface area contributed by atoms with Crippen LogP contribution < -0.4 is 5.73 Å². The van der Waals surface area contributed by atoms with E-state index in [2.05, 4.69) is 19.9 Å². The summed E-state index contributed by atoms with van der Waals surface area (Å²) in [6.07, 6.45) is 2.32. The van der Waals surface area contributed by atoms with Gasteiger partial charge in [0, 0.05) is 5.69 Å². The van der Waals surface area contributed by atoms with Crippen molar-refractivity contribution in [2.75, 3.05) is 5.73 Å². The normalized spacial score (nSPS) is 10.6. The molecule has 0 saturated carbocycles. The third-order valence-electron chi connectivity index (χ3n) is 2.05. The minimum Gasteiger partial charge on any atom is -0.399 e. The molecule has 0 amide bonds. The molecular weight excluding hydrogens is 146 g/mol. The maximum absolute atomic E-state index is 5.81. The fraction of sp³-hybridized carbons (Fsp3) is 0.455. The van der Waals surface area contributed by atoms with Gasteiger partial charge in [0.2, 0.25) is 0 Å². The Morgan fingerprint density at radius 2 is 1.92 bits per heavy atom. The van der Waals surface area contributed by atoms with Crippen LogP contribution in [-0.4, -0.2) is 0 Å². The Labute approximate surface area is 74.6 Å². The molecule has 0 bridgehead atoms. The van der Waals surface area contributed by atoms with E-state index < -0.39 is 0 Å². The first-order valence-electron chi connectivity index (χ1n) is 4.53. The maximum atomic E-state index is 5.81. The summed E-state index contributed by atoms with van der Waals surface area (Å²) in [5.74, 6) is 0.754. The first-order chi connectivity index (χ1) is 5.70. The second-order valence-electron chi connectivity index (χ2n) is 3.63. The van der Waals surface area contributed by atoms with Crippen LogP contribution in [0.2, 0.25) is 0 Å². The molecular formula is C11H17N. The molecule has 0 unspecified atom stereocenters. The lowest BCUT2D eigenvalue weighted by molar-refractivity contribution is 0.587. The highest BCUT2D eigenvalue weighted by molar-refractivity contribution is 5.46. The Kier molecular flexibility index (Phi) is 3.15. The number of hydrogen-bond donors (Lipinski definition) is 1. The van der Waals surface area contributed by atoms with Crippen molar-refractivity contribution in [1.29, 1.82) is 0 Å². The Hall–Kier alpha value is -0.980. The molecule has 0 saturated heterocycles. The third kappa shape index (κ3) is 2.57. The van der Waals surface area contributed by atoms with Gasteiger partial charge in [-0.3, -0.25) is 0 Å². The Morgan fingerprint density at radius 1 is 1.25 bits per heavy atom. The van der Waals surface area contributed by atoms with Crippen molar-refractivity contribution in [3.8, 4) is 0 Å². The van der Waals surface area contributed by atoms with E-state index in [1.807, 2.05) is 18.2 Å². The average molecular weight is 163 g/mol. The number of para-hydroxylation sites is 1. The smallest absolute Gasteiger partial charge is 0.0346 e. The highest BCUT2D eigenvalue weighted by Crippen LogP contribution is 2.14. The molecule has 0 fully saturated rings. The van der Waals surface area contributed by atoms with Gasteiger partial charge in [-0.15, -0.1) is 0 Å². The molecule has 1 heteroatoms. The van der Waals surface area contributed by atoms with Gasteiger partial charge in [-0.25, -0.2) is 0 Å². The summed E-state index contributed by atoms with van der Waals surface area (Å²) >= 11 is 0. The molecule has 66 valence electrons. The largest absolute Gasteiger partial charge is 0.399 e. The van der Waals surface area contributed by atoms with Crippen LogP contribution in [0.15, 0.2) is 24.3 Å². The van der Waals surface area contributed by atoms with Crippen molar-refractivity contribution in [2.45, 2.75) is 26.7 Å². The monoisotopic (exact) mass is 163 g/mol. The highest BCUT2D eigenvalue weighted by Gasteiger charge is 1.99. The average Bonchev–Trinajstić information content (AvgIpc) is 2.03. The van der Waals surface area contributed by atoms with Gasteiger partial charge in [-0.1, -0.05) is 32.0 Å². The second kappa shape index (κ2) is 4.15. The number of nitrogens with two attached hydrogens (primary N) is 1. The van der Waals surface area contributed by atoms with Gasteiger partial charge >= 0.3 is 0 Å². The molecule has 0 atom stereocenters. The van der Waals surface area contributed by atoms with Crippen LogP contribution in [0.4, 0.5) is 5.69 Å². The first-order valence-corrected chi connectivity index (χ1v) is 4.53. The summed E-state index contributed by atoms with van der Waals surface area (Å²) in [6, 6.07) is 8.10. The van der Waals surface area contributed by atoms with Gasteiger partial charge in [0.05, 0.1) is 0 Å². The maximum Gasteiger partial charge on any atom is 0.0346 e. The summed E-state index contributed by atoms with van der Waals surface area (Å²) in [5, 5.41) is 0. The summed E-state index contributed by atoms with van der Waals surface area (Å²) in [4.78, 5) is 0. The van der Waals surface area contributed by atoms with E-state index in [9.17, 15) is 0 Å². The van der Waals surface area contributed by atoms with E-state index >= 15 is 0 Å². The molecule has 0 spiro atoms. The molecule has 2 N–H and O–H groups in total. The van der Waals surface area contributed by atoms with E-state index in [0.717, 1.165) is 18.0 Å². The molecule has 0 aliphatic rings. The summed E-state index contributed by atoms with van der Waals surface area (Å²) in [5.41, 5.74) is 8.02. The van der Waals surface area contributed by atoms with Gasteiger partial charge in [0.25, 0.3) is 0 Å². The minimum absolute atomic E-state index is 0.754. The molecule has 1 rings (SSSR count). The van der Waals surface area contributed by atoms with Crippen molar-refractivity contribution in [3.05, 3.63) is 29.8 Å². The van der Waals surface area contributed by atoms with Crippen LogP contribution in [0, 0.1) is 5.92 Å².